The maximum Gasteiger partial charge on any atom is 0.240 e. The van der Waals surface area contributed by atoms with Crippen LogP contribution in [0.5, 0.6) is 0 Å². The first-order valence-corrected chi connectivity index (χ1v) is 10.5. The van der Waals surface area contributed by atoms with Gasteiger partial charge in [-0.1, -0.05) is 29.8 Å². The molecule has 0 saturated carbocycles. The van der Waals surface area contributed by atoms with Gasteiger partial charge in [-0.05, 0) is 29.8 Å². The Kier molecular flexibility index (Phi) is 5.38. The highest BCUT2D eigenvalue weighted by atomic mass is 35.5. The van der Waals surface area contributed by atoms with Crippen LogP contribution in [0, 0.1) is 0 Å². The molecule has 1 heterocycles. The van der Waals surface area contributed by atoms with Gasteiger partial charge in [-0.2, -0.15) is 0 Å². The molecule has 5 nitrogen and oxygen atoms in total. The molecule has 0 radical (unpaired) electrons. The number of fused-ring (bicyclic) bond motifs is 1. The lowest BCUT2D eigenvalue weighted by Gasteiger charge is -2.28. The summed E-state index contributed by atoms with van der Waals surface area (Å²) in [6, 6.07) is 11.9. The van der Waals surface area contributed by atoms with E-state index in [4.69, 9.17) is 11.6 Å². The second kappa shape index (κ2) is 7.37. The number of hydrogen-bond donors (Lipinski definition) is 1. The maximum absolute atomic E-state index is 12.6. The van der Waals surface area contributed by atoms with E-state index in [-0.39, 0.29) is 17.3 Å². The van der Waals surface area contributed by atoms with Gasteiger partial charge in [-0.25, -0.2) is 13.1 Å². The van der Waals surface area contributed by atoms with E-state index in [0.29, 0.717) is 22.8 Å². The number of rotatable bonds is 4. The van der Waals surface area contributed by atoms with Crippen LogP contribution in [0.1, 0.15) is 12.5 Å². The molecule has 1 amide bonds. The van der Waals surface area contributed by atoms with Crippen LogP contribution >= 0.6 is 23.4 Å². The molecule has 3 rings (SSSR count). The van der Waals surface area contributed by atoms with Gasteiger partial charge in [-0.15, -0.1) is 11.8 Å². The van der Waals surface area contributed by atoms with Gasteiger partial charge in [0.05, 0.1) is 10.6 Å². The lowest BCUT2D eigenvalue weighted by Crippen LogP contribution is -2.33. The summed E-state index contributed by atoms with van der Waals surface area (Å²) in [6.07, 6.45) is 0. The number of halogens is 1. The van der Waals surface area contributed by atoms with Crippen LogP contribution < -0.4 is 9.62 Å². The predicted octanol–water partition coefficient (Wildman–Crippen LogP) is 3.28. The molecule has 0 spiro atoms. The highest BCUT2D eigenvalue weighted by Gasteiger charge is 2.24. The molecule has 1 aliphatic heterocycles. The van der Waals surface area contributed by atoms with Crippen molar-refractivity contribution in [1.29, 1.82) is 0 Å². The average Bonchev–Trinajstić information content (AvgIpc) is 2.60. The van der Waals surface area contributed by atoms with Crippen molar-refractivity contribution in [3.8, 4) is 0 Å². The third-order valence-corrected chi connectivity index (χ3v) is 6.71. The number of anilines is 1. The first-order valence-electron chi connectivity index (χ1n) is 7.66. The zero-order valence-corrected chi connectivity index (χ0v) is 15.9. The molecule has 8 heteroatoms. The quantitative estimate of drug-likeness (QED) is 0.861. The van der Waals surface area contributed by atoms with E-state index >= 15 is 0 Å². The van der Waals surface area contributed by atoms with Gasteiger partial charge in [0.2, 0.25) is 15.9 Å². The molecule has 2 aromatic rings. The Morgan fingerprint density at radius 2 is 2.04 bits per heavy atom. The number of sulfonamides is 1. The predicted molar refractivity (Wildman–Crippen MR) is 101 cm³/mol. The minimum absolute atomic E-state index is 0.0971. The third kappa shape index (κ3) is 4.00. The van der Waals surface area contributed by atoms with E-state index in [1.807, 2.05) is 0 Å². The van der Waals surface area contributed by atoms with Crippen LogP contribution in [0.15, 0.2) is 52.3 Å². The molecule has 2 aromatic carbocycles. The molecule has 0 unspecified atom stereocenters. The molecule has 1 N–H and O–H groups in total. The Morgan fingerprint density at radius 3 is 2.76 bits per heavy atom. The van der Waals surface area contributed by atoms with Crippen molar-refractivity contribution in [2.24, 2.45) is 0 Å². The van der Waals surface area contributed by atoms with Gasteiger partial charge < -0.3 is 4.90 Å². The molecular weight excluding hydrogens is 380 g/mol. The zero-order chi connectivity index (χ0) is 18.0. The van der Waals surface area contributed by atoms with Gasteiger partial charge in [0.15, 0.2) is 0 Å². The topological polar surface area (TPSA) is 66.5 Å². The van der Waals surface area contributed by atoms with Gasteiger partial charge >= 0.3 is 0 Å². The molecular formula is C17H17ClN2O3S2. The molecule has 0 aliphatic carbocycles. The second-order valence-corrected chi connectivity index (χ2v) is 8.88. The summed E-state index contributed by atoms with van der Waals surface area (Å²) in [5, 5.41) is 0.509. The Labute approximate surface area is 156 Å². The van der Waals surface area contributed by atoms with Gasteiger partial charge in [-0.3, -0.25) is 4.79 Å². The Balaban J connectivity index is 1.87. The van der Waals surface area contributed by atoms with E-state index in [9.17, 15) is 13.2 Å². The van der Waals surface area contributed by atoms with Crippen LogP contribution in [-0.2, 0) is 21.4 Å². The molecule has 1 aliphatic rings. The van der Waals surface area contributed by atoms with E-state index in [2.05, 4.69) is 4.72 Å². The fourth-order valence-corrected chi connectivity index (χ4v) is 4.79. The zero-order valence-electron chi connectivity index (χ0n) is 13.5. The number of carbonyl (C=O) groups is 1. The normalized spacial score (nSPS) is 14.2. The van der Waals surface area contributed by atoms with Crippen LogP contribution in [0.4, 0.5) is 5.69 Å². The van der Waals surface area contributed by atoms with Crippen molar-refractivity contribution in [2.45, 2.75) is 23.3 Å². The molecule has 0 saturated heterocycles. The summed E-state index contributed by atoms with van der Waals surface area (Å²) < 4.78 is 27.8. The Morgan fingerprint density at radius 1 is 1.28 bits per heavy atom. The van der Waals surface area contributed by atoms with Crippen LogP contribution in [0.3, 0.4) is 0 Å². The largest absolute Gasteiger partial charge is 0.311 e. The lowest BCUT2D eigenvalue weighted by molar-refractivity contribution is -0.116. The first kappa shape index (κ1) is 18.3. The van der Waals surface area contributed by atoms with Crippen molar-refractivity contribution in [3.05, 3.63) is 53.1 Å². The van der Waals surface area contributed by atoms with E-state index in [0.717, 1.165) is 10.6 Å². The molecule has 132 valence electrons. The lowest BCUT2D eigenvalue weighted by atomic mass is 10.2. The van der Waals surface area contributed by atoms with Crippen LogP contribution in [-0.4, -0.2) is 26.6 Å². The van der Waals surface area contributed by atoms with Gasteiger partial charge in [0.25, 0.3) is 0 Å². The summed E-state index contributed by atoms with van der Waals surface area (Å²) >= 11 is 7.68. The smallest absolute Gasteiger partial charge is 0.240 e. The van der Waals surface area contributed by atoms with Crippen molar-refractivity contribution < 1.29 is 13.2 Å². The summed E-state index contributed by atoms with van der Waals surface area (Å²) in [4.78, 5) is 14.5. The summed E-state index contributed by atoms with van der Waals surface area (Å²) in [5.41, 5.74) is 1.34. The van der Waals surface area contributed by atoms with Crippen LogP contribution in [0.2, 0.25) is 5.02 Å². The summed E-state index contributed by atoms with van der Waals surface area (Å²) in [7, 11) is -3.71. The third-order valence-electron chi connectivity index (χ3n) is 3.89. The standard InChI is InChI=1S/C17H17ClN2O3S2/c1-12(21)20-8-9-24-17-7-6-14(10-16(17)20)25(22,23)19-11-13-4-2-3-5-15(13)18/h2-7,10,19H,8-9,11H2,1H3. The van der Waals surface area contributed by atoms with E-state index < -0.39 is 10.0 Å². The highest BCUT2D eigenvalue weighted by molar-refractivity contribution is 7.99. The van der Waals surface area contributed by atoms with Crippen molar-refractivity contribution in [2.75, 3.05) is 17.2 Å². The number of benzene rings is 2. The Hall–Kier alpha value is -1.54. The molecule has 0 bridgehead atoms. The first-order chi connectivity index (χ1) is 11.9. The number of amides is 1. The number of carbonyl (C=O) groups excluding carboxylic acids is 1. The van der Waals surface area contributed by atoms with E-state index in [1.54, 1.807) is 59.1 Å². The van der Waals surface area contributed by atoms with Gasteiger partial charge in [0, 0.05) is 35.7 Å². The number of nitrogens with one attached hydrogen (secondary N) is 1. The van der Waals surface area contributed by atoms with E-state index in [1.165, 1.54) is 6.92 Å². The van der Waals surface area contributed by atoms with Gasteiger partial charge in [0.1, 0.15) is 0 Å². The second-order valence-electron chi connectivity index (χ2n) is 5.56. The van der Waals surface area contributed by atoms with Crippen molar-refractivity contribution in [3.63, 3.8) is 0 Å². The number of thioether (sulfide) groups is 1. The van der Waals surface area contributed by atoms with Crippen LogP contribution in [0.25, 0.3) is 0 Å². The minimum Gasteiger partial charge on any atom is -0.311 e. The minimum atomic E-state index is -3.71. The molecule has 0 fully saturated rings. The highest BCUT2D eigenvalue weighted by Crippen LogP contribution is 2.36. The fourth-order valence-electron chi connectivity index (χ4n) is 2.59. The average molecular weight is 397 g/mol. The number of nitrogens with zero attached hydrogens (tertiary/aromatic N) is 1. The summed E-state index contributed by atoms with van der Waals surface area (Å²) in [6.45, 7) is 2.16. The molecule has 0 atom stereocenters. The summed E-state index contributed by atoms with van der Waals surface area (Å²) in [5.74, 6) is 0.698. The van der Waals surface area contributed by atoms with Crippen molar-refractivity contribution in [1.82, 2.24) is 4.72 Å². The Bertz CT molecular complexity index is 916. The molecule has 25 heavy (non-hydrogen) atoms. The van der Waals surface area contributed by atoms with Crippen molar-refractivity contribution >= 4 is 45.0 Å². The molecule has 0 aromatic heterocycles. The monoisotopic (exact) mass is 396 g/mol. The fraction of sp³-hybridized carbons (Fsp3) is 0.235. The number of hydrogen-bond acceptors (Lipinski definition) is 4. The maximum atomic E-state index is 12.6. The SMILES string of the molecule is CC(=O)N1CCSc2ccc(S(=O)(=O)NCc3ccccc3Cl)cc21.